The molecule has 1 fully saturated rings. The molecule has 284 valence electrons. The van der Waals surface area contributed by atoms with E-state index in [1.165, 1.54) is 12.8 Å². The fourth-order valence-corrected chi connectivity index (χ4v) is 3.75. The molecule has 3 heterocycles. The number of hydrogen-bond acceptors (Lipinski definition) is 8. The van der Waals surface area contributed by atoms with E-state index in [0.717, 1.165) is 49.5 Å². The van der Waals surface area contributed by atoms with Crippen LogP contribution in [-0.4, -0.2) is 93.8 Å². The van der Waals surface area contributed by atoms with E-state index in [4.69, 9.17) is 9.47 Å². The maximum atomic E-state index is 10.9. The van der Waals surface area contributed by atoms with Crippen molar-refractivity contribution in [3.05, 3.63) is 61.9 Å². The van der Waals surface area contributed by atoms with Crippen molar-refractivity contribution in [2.75, 3.05) is 41.0 Å². The minimum absolute atomic E-state index is 0.0740. The van der Waals surface area contributed by atoms with Crippen LogP contribution < -0.4 is 0 Å². The molecule has 2 aromatic rings. The first-order valence-corrected chi connectivity index (χ1v) is 17.6. The molecule has 0 aliphatic carbocycles. The molecule has 1 aliphatic heterocycles. The van der Waals surface area contributed by atoms with Crippen LogP contribution in [0.1, 0.15) is 101 Å². The predicted octanol–water partition coefficient (Wildman–Crippen LogP) is 8.13. The van der Waals surface area contributed by atoms with Gasteiger partial charge in [0.25, 0.3) is 0 Å². The summed E-state index contributed by atoms with van der Waals surface area (Å²) in [6.07, 6.45) is 15.4. The number of likely N-dealkylation sites (tertiary alicyclic amines) is 1. The molecule has 0 bridgehead atoms. The Balaban J connectivity index is -0.000000526. The number of rotatable bonds is 11. The van der Waals surface area contributed by atoms with Crippen molar-refractivity contribution in [1.82, 2.24) is 29.1 Å². The zero-order valence-corrected chi connectivity index (χ0v) is 33.7. The molecule has 0 radical (unpaired) electrons. The van der Waals surface area contributed by atoms with E-state index in [-0.39, 0.29) is 5.92 Å². The maximum absolute atomic E-state index is 10.9. The van der Waals surface area contributed by atoms with Crippen LogP contribution in [0.4, 0.5) is 0 Å². The summed E-state index contributed by atoms with van der Waals surface area (Å²) in [5, 5.41) is 7.56. The molecule has 0 spiro atoms. The summed E-state index contributed by atoms with van der Waals surface area (Å²) >= 11 is 0. The molecule has 1 aliphatic rings. The van der Waals surface area contributed by atoms with Gasteiger partial charge in [0, 0.05) is 71.0 Å². The highest BCUT2D eigenvalue weighted by Crippen LogP contribution is 2.18. The molecule has 11 heteroatoms. The van der Waals surface area contributed by atoms with Gasteiger partial charge in [0.05, 0.1) is 42.7 Å². The monoisotopic (exact) mass is 692 g/mol. The number of aromatic nitrogens is 4. The van der Waals surface area contributed by atoms with Crippen molar-refractivity contribution >= 4 is 11.6 Å². The number of hydrogen-bond donors (Lipinski definition) is 0. The molecule has 0 unspecified atom stereocenters. The first-order chi connectivity index (χ1) is 23.1. The molecule has 11 nitrogen and oxygen atoms in total. The summed E-state index contributed by atoms with van der Waals surface area (Å²) in [6.45, 7) is 28.6. The molecule has 1 saturated heterocycles. The summed E-state index contributed by atoms with van der Waals surface area (Å²) in [5.74, 6) is 1.82. The van der Waals surface area contributed by atoms with Gasteiger partial charge in [-0.3, -0.25) is 9.48 Å². The fraction of sp³-hybridized carbons (Fsp3) is 0.684. The van der Waals surface area contributed by atoms with Crippen molar-refractivity contribution in [2.24, 2.45) is 25.2 Å². The number of carbonyl (C=O) groups is 1. The first kappa shape index (κ1) is 49.8. The Morgan fingerprint density at radius 3 is 1.82 bits per heavy atom. The number of ether oxygens (including phenoxy) is 2. The van der Waals surface area contributed by atoms with Crippen molar-refractivity contribution in [3.8, 4) is 0 Å². The summed E-state index contributed by atoms with van der Waals surface area (Å²) in [4.78, 5) is 23.4. The minimum Gasteiger partial charge on any atom is -0.498 e. The van der Waals surface area contributed by atoms with Crippen molar-refractivity contribution in [3.63, 3.8) is 0 Å². The van der Waals surface area contributed by atoms with Crippen LogP contribution in [-0.2, 0) is 33.2 Å². The summed E-state index contributed by atoms with van der Waals surface area (Å²) in [6, 6.07) is 3.24. The Bertz CT molecular complexity index is 1010. The van der Waals surface area contributed by atoms with Crippen LogP contribution in [0.15, 0.2) is 67.0 Å². The van der Waals surface area contributed by atoms with Crippen LogP contribution in [0.3, 0.4) is 0 Å². The smallest absolute Gasteiger partial charge is 0.222 e. The topological polar surface area (TPSA) is 99.2 Å². The lowest BCUT2D eigenvalue weighted by molar-refractivity contribution is -0.129. The normalized spacial score (nSPS) is 12.4. The number of imidazole rings is 1. The third-order valence-corrected chi connectivity index (χ3v) is 7.20. The Labute approximate surface area is 300 Å². The molecule has 0 atom stereocenters. The zero-order chi connectivity index (χ0) is 38.2. The molecular weight excluding hydrogens is 618 g/mol. The highest BCUT2D eigenvalue weighted by Gasteiger charge is 2.12. The van der Waals surface area contributed by atoms with Gasteiger partial charge in [-0.2, -0.15) is 5.10 Å². The van der Waals surface area contributed by atoms with Gasteiger partial charge in [-0.1, -0.05) is 38.1 Å². The average Bonchev–Trinajstić information content (AvgIpc) is 3.70. The van der Waals surface area contributed by atoms with Crippen LogP contribution in [0.2, 0.25) is 0 Å². The Morgan fingerprint density at radius 2 is 1.51 bits per heavy atom. The van der Waals surface area contributed by atoms with Gasteiger partial charge in [0.1, 0.15) is 7.11 Å². The van der Waals surface area contributed by atoms with Crippen LogP contribution in [0.25, 0.3) is 0 Å². The van der Waals surface area contributed by atoms with Crippen molar-refractivity contribution in [1.29, 1.82) is 0 Å². The van der Waals surface area contributed by atoms with E-state index in [2.05, 4.69) is 79.8 Å². The van der Waals surface area contributed by atoms with Gasteiger partial charge in [-0.15, -0.1) is 0 Å². The average molecular weight is 692 g/mol. The fourth-order valence-electron chi connectivity index (χ4n) is 3.75. The third kappa shape index (κ3) is 31.4. The molecule has 1 amide bonds. The zero-order valence-electron chi connectivity index (χ0n) is 33.7. The second-order valence-corrected chi connectivity index (χ2v) is 12.2. The van der Waals surface area contributed by atoms with Gasteiger partial charge >= 0.3 is 0 Å². The van der Waals surface area contributed by atoms with E-state index < -0.39 is 0 Å². The first-order valence-electron chi connectivity index (χ1n) is 17.6. The van der Waals surface area contributed by atoms with Crippen LogP contribution in [0, 0.1) is 5.92 Å². The number of carbonyl (C=O) groups excluding carboxylic acids is 1. The minimum atomic E-state index is 0.0740. The Hall–Kier alpha value is -3.60. The van der Waals surface area contributed by atoms with Gasteiger partial charge in [0.15, 0.2) is 0 Å². The van der Waals surface area contributed by atoms with Crippen LogP contribution in [0.5, 0.6) is 0 Å². The quantitative estimate of drug-likeness (QED) is 0.133. The van der Waals surface area contributed by atoms with E-state index in [1.54, 1.807) is 30.5 Å². The van der Waals surface area contributed by atoms with E-state index in [0.29, 0.717) is 31.2 Å². The van der Waals surface area contributed by atoms with Gasteiger partial charge in [-0.25, -0.2) is 4.98 Å². The largest absolute Gasteiger partial charge is 0.498 e. The molecule has 0 saturated carbocycles. The number of aryl methyl sites for hydroxylation is 2. The van der Waals surface area contributed by atoms with Gasteiger partial charge < -0.3 is 28.7 Å². The molecule has 0 aromatic carbocycles. The lowest BCUT2D eigenvalue weighted by Crippen LogP contribution is -2.32. The van der Waals surface area contributed by atoms with Crippen LogP contribution >= 0.6 is 0 Å². The number of oxime groups is 1. The second kappa shape index (κ2) is 32.9. The predicted molar refractivity (Wildman–Crippen MR) is 206 cm³/mol. The lowest BCUT2D eigenvalue weighted by Gasteiger charge is -2.24. The Kier molecular flexibility index (Phi) is 33.4. The van der Waals surface area contributed by atoms with Crippen molar-refractivity contribution < 1.29 is 19.1 Å². The highest BCUT2D eigenvalue weighted by atomic mass is 16.6. The summed E-state index contributed by atoms with van der Waals surface area (Å²) in [5.41, 5.74) is 1.06. The lowest BCUT2D eigenvalue weighted by atomic mass is 10.1. The number of amides is 1. The Morgan fingerprint density at radius 1 is 0.939 bits per heavy atom. The summed E-state index contributed by atoms with van der Waals surface area (Å²) < 4.78 is 14.1. The van der Waals surface area contributed by atoms with Gasteiger partial charge in [0.2, 0.25) is 5.91 Å². The van der Waals surface area contributed by atoms with E-state index in [1.807, 2.05) is 76.8 Å². The second-order valence-electron chi connectivity index (χ2n) is 12.2. The third-order valence-electron chi connectivity index (χ3n) is 7.20. The molecule has 49 heavy (non-hydrogen) atoms. The maximum Gasteiger partial charge on any atom is 0.222 e. The van der Waals surface area contributed by atoms with Crippen molar-refractivity contribution in [2.45, 2.75) is 113 Å². The van der Waals surface area contributed by atoms with E-state index >= 15 is 0 Å². The molecular formula is C38H73N7O4. The summed E-state index contributed by atoms with van der Waals surface area (Å²) in [7, 11) is 9.43. The van der Waals surface area contributed by atoms with Gasteiger partial charge in [-0.05, 0) is 87.8 Å². The molecule has 0 N–H and O–H groups in total. The highest BCUT2D eigenvalue weighted by molar-refractivity contribution is 5.81. The SMILES string of the molecule is C=C(OCC)C(C)C(=C)OCC.CC(C)N(C)C(C)C.CCC/C(C)=N/OC.CN1CCCCCC1=O.Cn1cccn1.Cn1ccnc1. The molecule has 2 aromatic heterocycles. The standard InChI is InChI=1S/C10H18O2.C7H13NO.C7H17N.C6H13NO.2C4H6N2/c1-6-11-9(4)8(3)10(5)12-7-2;1-8-6-4-2-3-5-7(8)9;1-6(2)8(5)7(3)4;1-4-5-6(2)7-8-3;1-6-3-2-5-4-6;1-6-4-2-3-5-6/h8H,4-7H2,1-3H3;2-6H2,1H3;6-7H,1-5H3;4-5H2,1-3H3;2*2-4H,1H3/b;;;7-6+;;. The molecule has 3 rings (SSSR count). The number of nitrogens with zero attached hydrogens (tertiary/aromatic N) is 7. The van der Waals surface area contributed by atoms with E-state index in [9.17, 15) is 4.79 Å².